The van der Waals surface area contributed by atoms with Crippen molar-refractivity contribution in [3.63, 3.8) is 0 Å². The van der Waals surface area contributed by atoms with Gasteiger partial charge in [-0.2, -0.15) is 0 Å². The van der Waals surface area contributed by atoms with Crippen LogP contribution in [0.15, 0.2) is 30.3 Å². The van der Waals surface area contributed by atoms with E-state index >= 15 is 0 Å². The lowest BCUT2D eigenvalue weighted by Gasteiger charge is -2.32. The summed E-state index contributed by atoms with van der Waals surface area (Å²) in [6.07, 6.45) is 4.35. The fraction of sp³-hybridized carbons (Fsp3) is 0.579. The lowest BCUT2D eigenvalue weighted by Crippen LogP contribution is -2.46. The van der Waals surface area contributed by atoms with Gasteiger partial charge in [-0.3, -0.25) is 20.4 Å². The molecular weight excluding hydrogens is 316 g/mol. The van der Waals surface area contributed by atoms with Gasteiger partial charge >= 0.3 is 0 Å². The van der Waals surface area contributed by atoms with Crippen molar-refractivity contribution in [3.05, 3.63) is 35.9 Å². The van der Waals surface area contributed by atoms with Gasteiger partial charge in [-0.05, 0) is 43.7 Å². The van der Waals surface area contributed by atoms with Crippen LogP contribution in [-0.4, -0.2) is 48.9 Å². The minimum Gasteiger partial charge on any atom is -0.349 e. The molecule has 0 atom stereocenters. The molecule has 0 saturated carbocycles. The zero-order valence-corrected chi connectivity index (χ0v) is 14.7. The summed E-state index contributed by atoms with van der Waals surface area (Å²) in [4.78, 5) is 26.5. The number of benzene rings is 1. The highest BCUT2D eigenvalue weighted by atomic mass is 16.2. The number of rotatable bonds is 6. The predicted molar refractivity (Wildman–Crippen MR) is 96.9 cm³/mol. The number of carbonyl (C=O) groups excluding carboxylic acids is 2. The summed E-state index contributed by atoms with van der Waals surface area (Å²) < 4.78 is 0. The number of amides is 2. The van der Waals surface area contributed by atoms with Crippen molar-refractivity contribution < 1.29 is 9.59 Å². The first kappa shape index (κ1) is 17.9. The van der Waals surface area contributed by atoms with E-state index in [1.165, 1.54) is 0 Å². The Morgan fingerprint density at radius 3 is 2.44 bits per heavy atom. The monoisotopic (exact) mass is 344 g/mol. The molecule has 2 aliphatic heterocycles. The molecule has 0 aliphatic carbocycles. The SMILES string of the molecule is O=C(NC1CCN(C(=O)CCCC2CNNC2)CC1)c1ccccc1. The normalized spacial score (nSPS) is 19.1. The van der Waals surface area contributed by atoms with Gasteiger partial charge in [0, 0.05) is 44.2 Å². The summed E-state index contributed by atoms with van der Waals surface area (Å²) in [6, 6.07) is 9.45. The van der Waals surface area contributed by atoms with Crippen molar-refractivity contribution in [2.75, 3.05) is 26.2 Å². The Hall–Kier alpha value is -1.92. The minimum atomic E-state index is -0.0239. The second-order valence-corrected chi connectivity index (χ2v) is 7.01. The van der Waals surface area contributed by atoms with E-state index in [1.807, 2.05) is 35.2 Å². The van der Waals surface area contributed by atoms with Gasteiger partial charge in [0.2, 0.25) is 5.91 Å². The van der Waals surface area contributed by atoms with E-state index in [-0.39, 0.29) is 17.9 Å². The number of likely N-dealkylation sites (tertiary alicyclic amines) is 1. The smallest absolute Gasteiger partial charge is 0.251 e. The van der Waals surface area contributed by atoms with Crippen LogP contribution in [0.4, 0.5) is 0 Å². The summed E-state index contributed by atoms with van der Waals surface area (Å²) in [7, 11) is 0. The third kappa shape index (κ3) is 5.28. The first-order valence-electron chi connectivity index (χ1n) is 9.32. The molecule has 25 heavy (non-hydrogen) atoms. The summed E-state index contributed by atoms with van der Waals surface area (Å²) in [6.45, 7) is 3.48. The summed E-state index contributed by atoms with van der Waals surface area (Å²) in [5.41, 5.74) is 6.94. The van der Waals surface area contributed by atoms with Gasteiger partial charge in [0.1, 0.15) is 0 Å². The van der Waals surface area contributed by atoms with Crippen molar-refractivity contribution in [3.8, 4) is 0 Å². The molecule has 0 unspecified atom stereocenters. The van der Waals surface area contributed by atoms with Gasteiger partial charge < -0.3 is 10.2 Å². The third-order valence-electron chi connectivity index (χ3n) is 5.13. The van der Waals surface area contributed by atoms with Crippen molar-refractivity contribution in [2.45, 2.75) is 38.1 Å². The third-order valence-corrected chi connectivity index (χ3v) is 5.13. The number of hydrazine groups is 1. The molecule has 1 aromatic carbocycles. The van der Waals surface area contributed by atoms with Crippen LogP contribution >= 0.6 is 0 Å². The Morgan fingerprint density at radius 1 is 1.08 bits per heavy atom. The van der Waals surface area contributed by atoms with Crippen LogP contribution in [0.5, 0.6) is 0 Å². The quantitative estimate of drug-likeness (QED) is 0.727. The Balaban J connectivity index is 1.35. The average molecular weight is 344 g/mol. The molecule has 1 aromatic rings. The van der Waals surface area contributed by atoms with Crippen LogP contribution in [0.2, 0.25) is 0 Å². The molecule has 3 rings (SSSR count). The van der Waals surface area contributed by atoms with Gasteiger partial charge in [0.25, 0.3) is 5.91 Å². The molecule has 0 bridgehead atoms. The number of nitrogens with zero attached hydrogens (tertiary/aromatic N) is 1. The topological polar surface area (TPSA) is 73.5 Å². The van der Waals surface area contributed by atoms with E-state index in [1.54, 1.807) is 0 Å². The van der Waals surface area contributed by atoms with E-state index < -0.39 is 0 Å². The molecule has 0 spiro atoms. The zero-order valence-electron chi connectivity index (χ0n) is 14.7. The van der Waals surface area contributed by atoms with E-state index in [4.69, 9.17) is 0 Å². The molecule has 0 aromatic heterocycles. The minimum absolute atomic E-state index is 0.0239. The van der Waals surface area contributed by atoms with Gasteiger partial charge in [-0.25, -0.2) is 0 Å². The zero-order chi connectivity index (χ0) is 17.5. The van der Waals surface area contributed by atoms with Crippen molar-refractivity contribution >= 4 is 11.8 Å². The number of hydrogen-bond donors (Lipinski definition) is 3. The largest absolute Gasteiger partial charge is 0.349 e. The van der Waals surface area contributed by atoms with E-state index in [0.717, 1.165) is 51.9 Å². The summed E-state index contributed by atoms with van der Waals surface area (Å²) in [5.74, 6) is 0.877. The number of piperidine rings is 1. The van der Waals surface area contributed by atoms with Crippen LogP contribution in [0.25, 0.3) is 0 Å². The first-order valence-corrected chi connectivity index (χ1v) is 9.32. The number of carbonyl (C=O) groups is 2. The van der Waals surface area contributed by atoms with Crippen LogP contribution in [-0.2, 0) is 4.79 Å². The van der Waals surface area contributed by atoms with Crippen LogP contribution in [0, 0.1) is 5.92 Å². The molecule has 2 amide bonds. The van der Waals surface area contributed by atoms with Crippen molar-refractivity contribution in [1.29, 1.82) is 0 Å². The Kier molecular flexibility index (Phi) is 6.42. The maximum atomic E-state index is 12.3. The predicted octanol–water partition coefficient (Wildman–Crippen LogP) is 1.30. The van der Waals surface area contributed by atoms with Gasteiger partial charge in [-0.15, -0.1) is 0 Å². The lowest BCUT2D eigenvalue weighted by atomic mass is 10.0. The second-order valence-electron chi connectivity index (χ2n) is 7.01. The summed E-state index contributed by atoms with van der Waals surface area (Å²) >= 11 is 0. The molecule has 3 N–H and O–H groups in total. The fourth-order valence-corrected chi connectivity index (χ4v) is 3.54. The molecular formula is C19H28N4O2. The highest BCUT2D eigenvalue weighted by Crippen LogP contribution is 2.15. The Morgan fingerprint density at radius 2 is 1.76 bits per heavy atom. The molecule has 2 heterocycles. The summed E-state index contributed by atoms with van der Waals surface area (Å²) in [5, 5.41) is 3.08. The molecule has 6 nitrogen and oxygen atoms in total. The Labute approximate surface area is 149 Å². The molecule has 2 fully saturated rings. The highest BCUT2D eigenvalue weighted by Gasteiger charge is 2.24. The average Bonchev–Trinajstić information content (AvgIpc) is 3.16. The fourth-order valence-electron chi connectivity index (χ4n) is 3.54. The Bertz CT molecular complexity index is 564. The van der Waals surface area contributed by atoms with Crippen molar-refractivity contribution in [1.82, 2.24) is 21.1 Å². The number of hydrogen-bond acceptors (Lipinski definition) is 4. The standard InChI is InChI=1S/C19H28N4O2/c24-18(8-4-5-15-13-20-21-14-15)23-11-9-17(10-12-23)22-19(25)16-6-2-1-3-7-16/h1-3,6-7,15,17,20-21H,4-5,8-14H2,(H,22,25). The van der Waals surface area contributed by atoms with Gasteiger partial charge in [0.05, 0.1) is 0 Å². The highest BCUT2D eigenvalue weighted by molar-refractivity contribution is 5.94. The maximum Gasteiger partial charge on any atom is 0.251 e. The van der Waals surface area contributed by atoms with Crippen LogP contribution in [0.1, 0.15) is 42.5 Å². The first-order chi connectivity index (χ1) is 12.2. The second kappa shape index (κ2) is 8.97. The van der Waals surface area contributed by atoms with Gasteiger partial charge in [0.15, 0.2) is 0 Å². The van der Waals surface area contributed by atoms with Crippen LogP contribution in [0.3, 0.4) is 0 Å². The van der Waals surface area contributed by atoms with Crippen LogP contribution < -0.4 is 16.2 Å². The van der Waals surface area contributed by atoms with E-state index in [0.29, 0.717) is 17.9 Å². The lowest BCUT2D eigenvalue weighted by molar-refractivity contribution is -0.132. The molecule has 2 saturated heterocycles. The van der Waals surface area contributed by atoms with E-state index in [9.17, 15) is 9.59 Å². The van der Waals surface area contributed by atoms with Crippen molar-refractivity contribution in [2.24, 2.45) is 5.92 Å². The molecule has 136 valence electrons. The molecule has 2 aliphatic rings. The molecule has 0 radical (unpaired) electrons. The number of nitrogens with one attached hydrogen (secondary N) is 3. The van der Waals surface area contributed by atoms with E-state index in [2.05, 4.69) is 16.2 Å². The molecule has 6 heteroatoms. The van der Waals surface area contributed by atoms with Gasteiger partial charge in [-0.1, -0.05) is 18.2 Å². The maximum absolute atomic E-state index is 12.3.